The molecule has 100 valence electrons. The Labute approximate surface area is 116 Å². The molecule has 0 unspecified atom stereocenters. The highest BCUT2D eigenvalue weighted by atomic mass is 35.5. The molecule has 2 aromatic rings. The minimum atomic E-state index is -0.623. The maximum atomic E-state index is 12.0. The van der Waals surface area contributed by atoms with Crippen molar-refractivity contribution in [2.45, 2.75) is 13.8 Å². The number of hydrogen-bond acceptors (Lipinski definition) is 4. The molecule has 1 aromatic carbocycles. The molecule has 0 fully saturated rings. The number of anilines is 1. The van der Waals surface area contributed by atoms with Gasteiger partial charge in [-0.05, 0) is 32.0 Å². The molecule has 1 amide bonds. The Balaban J connectivity index is 2.19. The van der Waals surface area contributed by atoms with E-state index in [2.05, 4.69) is 15.5 Å². The van der Waals surface area contributed by atoms with Gasteiger partial charge in [-0.25, -0.2) is 0 Å². The summed E-state index contributed by atoms with van der Waals surface area (Å²) >= 11 is 5.77. The van der Waals surface area contributed by atoms with Crippen LogP contribution < -0.4 is 5.32 Å². The molecule has 5 nitrogen and oxygen atoms in total. The first-order valence-corrected chi connectivity index (χ1v) is 6.30. The first kappa shape index (κ1) is 13.5. The van der Waals surface area contributed by atoms with Gasteiger partial charge < -0.3 is 9.73 Å². The van der Waals surface area contributed by atoms with Crippen molar-refractivity contribution in [3.05, 3.63) is 30.7 Å². The van der Waals surface area contributed by atoms with Crippen LogP contribution in [0, 0.1) is 5.41 Å². The standard InChI is InChI=1S/C13H14ClN3O2/c1-13(2,7-14)12(18)16-10-5-3-4-9(6-10)11-17-15-8-19-11/h3-6,8H,7H2,1-2H3,(H,16,18). The quantitative estimate of drug-likeness (QED) is 0.874. The molecule has 0 aliphatic heterocycles. The van der Waals surface area contributed by atoms with Crippen LogP contribution >= 0.6 is 11.6 Å². The summed E-state index contributed by atoms with van der Waals surface area (Å²) in [6, 6.07) is 7.20. The molecule has 0 aliphatic rings. The molecule has 1 N–H and O–H groups in total. The van der Waals surface area contributed by atoms with E-state index in [9.17, 15) is 4.79 Å². The molecule has 19 heavy (non-hydrogen) atoms. The number of nitrogens with zero attached hydrogens (tertiary/aromatic N) is 2. The van der Waals surface area contributed by atoms with Gasteiger partial charge in [0.1, 0.15) is 0 Å². The summed E-state index contributed by atoms with van der Waals surface area (Å²) < 4.78 is 5.11. The van der Waals surface area contributed by atoms with Gasteiger partial charge in [0.25, 0.3) is 0 Å². The van der Waals surface area contributed by atoms with Crippen molar-refractivity contribution >= 4 is 23.2 Å². The van der Waals surface area contributed by atoms with Crippen LogP contribution in [0.3, 0.4) is 0 Å². The fourth-order valence-electron chi connectivity index (χ4n) is 1.39. The van der Waals surface area contributed by atoms with Gasteiger partial charge in [0.05, 0.1) is 5.41 Å². The Morgan fingerprint density at radius 2 is 2.26 bits per heavy atom. The average Bonchev–Trinajstić information content (AvgIpc) is 2.93. The lowest BCUT2D eigenvalue weighted by Gasteiger charge is -2.20. The SMILES string of the molecule is CC(C)(CCl)C(=O)Nc1cccc(-c2nnco2)c1. The third-order valence-electron chi connectivity index (χ3n) is 2.68. The second-order valence-corrected chi connectivity index (χ2v) is 5.06. The van der Waals surface area contributed by atoms with Crippen LogP contribution in [0.4, 0.5) is 5.69 Å². The molecule has 1 aromatic heterocycles. The lowest BCUT2D eigenvalue weighted by Crippen LogP contribution is -2.32. The zero-order valence-electron chi connectivity index (χ0n) is 10.7. The van der Waals surface area contributed by atoms with Gasteiger partial charge in [0.2, 0.25) is 18.2 Å². The van der Waals surface area contributed by atoms with Gasteiger partial charge in [0, 0.05) is 17.1 Å². The van der Waals surface area contributed by atoms with E-state index in [0.717, 1.165) is 5.56 Å². The van der Waals surface area contributed by atoms with Crippen LogP contribution in [0.5, 0.6) is 0 Å². The largest absolute Gasteiger partial charge is 0.423 e. The molecular weight excluding hydrogens is 266 g/mol. The summed E-state index contributed by atoms with van der Waals surface area (Å²) in [6.45, 7) is 3.58. The van der Waals surface area contributed by atoms with E-state index in [-0.39, 0.29) is 11.8 Å². The van der Waals surface area contributed by atoms with Gasteiger partial charge in [-0.3, -0.25) is 4.79 Å². The normalized spacial score (nSPS) is 11.3. The summed E-state index contributed by atoms with van der Waals surface area (Å²) in [5.41, 5.74) is 0.792. The molecular formula is C13H14ClN3O2. The molecule has 0 spiro atoms. The number of carbonyl (C=O) groups excluding carboxylic acids is 1. The lowest BCUT2D eigenvalue weighted by molar-refractivity contribution is -0.122. The number of carbonyl (C=O) groups is 1. The minimum Gasteiger partial charge on any atom is -0.423 e. The number of nitrogens with one attached hydrogen (secondary N) is 1. The third kappa shape index (κ3) is 3.12. The van der Waals surface area contributed by atoms with Gasteiger partial charge in [-0.15, -0.1) is 21.8 Å². The van der Waals surface area contributed by atoms with E-state index in [1.807, 2.05) is 12.1 Å². The van der Waals surface area contributed by atoms with Crippen molar-refractivity contribution in [1.82, 2.24) is 10.2 Å². The highest BCUT2D eigenvalue weighted by molar-refractivity contribution is 6.20. The molecule has 0 radical (unpaired) electrons. The predicted molar refractivity (Wildman–Crippen MR) is 72.9 cm³/mol. The first-order chi connectivity index (χ1) is 9.03. The van der Waals surface area contributed by atoms with E-state index in [1.54, 1.807) is 26.0 Å². The Morgan fingerprint density at radius 3 is 2.89 bits per heavy atom. The van der Waals surface area contributed by atoms with Crippen LogP contribution in [-0.2, 0) is 4.79 Å². The number of amides is 1. The van der Waals surface area contributed by atoms with Gasteiger partial charge in [-0.2, -0.15) is 0 Å². The van der Waals surface area contributed by atoms with Crippen molar-refractivity contribution in [1.29, 1.82) is 0 Å². The molecule has 0 aliphatic carbocycles. The molecule has 6 heteroatoms. The Bertz CT molecular complexity index is 567. The minimum absolute atomic E-state index is 0.134. The van der Waals surface area contributed by atoms with E-state index < -0.39 is 5.41 Å². The second kappa shape index (κ2) is 5.40. The van der Waals surface area contributed by atoms with Crippen LogP contribution in [0.2, 0.25) is 0 Å². The fraction of sp³-hybridized carbons (Fsp3) is 0.308. The maximum Gasteiger partial charge on any atom is 0.247 e. The summed E-state index contributed by atoms with van der Waals surface area (Å²) in [6.07, 6.45) is 1.26. The molecule has 0 saturated heterocycles. The van der Waals surface area contributed by atoms with Gasteiger partial charge in [-0.1, -0.05) is 6.07 Å². The first-order valence-electron chi connectivity index (χ1n) is 5.77. The number of benzene rings is 1. The van der Waals surface area contributed by atoms with E-state index in [4.69, 9.17) is 16.0 Å². The van der Waals surface area contributed by atoms with Gasteiger partial charge in [0.15, 0.2) is 0 Å². The zero-order chi connectivity index (χ0) is 13.9. The third-order valence-corrected chi connectivity index (χ3v) is 3.34. The highest BCUT2D eigenvalue weighted by Crippen LogP contribution is 2.23. The summed E-state index contributed by atoms with van der Waals surface area (Å²) in [5.74, 6) is 0.528. The molecule has 2 rings (SSSR count). The molecule has 0 atom stereocenters. The fourth-order valence-corrected chi connectivity index (χ4v) is 1.51. The van der Waals surface area contributed by atoms with Crippen molar-refractivity contribution < 1.29 is 9.21 Å². The molecule has 0 bridgehead atoms. The van der Waals surface area contributed by atoms with Crippen LogP contribution in [0.1, 0.15) is 13.8 Å². The smallest absolute Gasteiger partial charge is 0.247 e. The number of hydrogen-bond donors (Lipinski definition) is 1. The monoisotopic (exact) mass is 279 g/mol. The number of rotatable bonds is 4. The number of aromatic nitrogens is 2. The Kier molecular flexibility index (Phi) is 3.85. The van der Waals surface area contributed by atoms with Crippen molar-refractivity contribution in [3.63, 3.8) is 0 Å². The number of alkyl halides is 1. The van der Waals surface area contributed by atoms with Crippen molar-refractivity contribution in [3.8, 4) is 11.5 Å². The van der Waals surface area contributed by atoms with Crippen LogP contribution in [-0.4, -0.2) is 22.0 Å². The lowest BCUT2D eigenvalue weighted by atomic mass is 9.95. The summed E-state index contributed by atoms with van der Waals surface area (Å²) in [5, 5.41) is 10.3. The van der Waals surface area contributed by atoms with E-state index in [1.165, 1.54) is 6.39 Å². The van der Waals surface area contributed by atoms with Crippen LogP contribution in [0.15, 0.2) is 35.1 Å². The van der Waals surface area contributed by atoms with E-state index >= 15 is 0 Å². The Morgan fingerprint density at radius 1 is 1.47 bits per heavy atom. The van der Waals surface area contributed by atoms with E-state index in [0.29, 0.717) is 11.6 Å². The zero-order valence-corrected chi connectivity index (χ0v) is 11.4. The second-order valence-electron chi connectivity index (χ2n) is 4.80. The Hall–Kier alpha value is -1.88. The summed E-state index contributed by atoms with van der Waals surface area (Å²) in [7, 11) is 0. The highest BCUT2D eigenvalue weighted by Gasteiger charge is 2.26. The van der Waals surface area contributed by atoms with Crippen molar-refractivity contribution in [2.75, 3.05) is 11.2 Å². The average molecular weight is 280 g/mol. The molecule has 1 heterocycles. The number of halogens is 1. The van der Waals surface area contributed by atoms with Crippen molar-refractivity contribution in [2.24, 2.45) is 5.41 Å². The van der Waals surface area contributed by atoms with Gasteiger partial charge >= 0.3 is 0 Å². The maximum absolute atomic E-state index is 12.0. The topological polar surface area (TPSA) is 68.0 Å². The van der Waals surface area contributed by atoms with Crippen LogP contribution in [0.25, 0.3) is 11.5 Å². The molecule has 0 saturated carbocycles. The summed E-state index contributed by atoms with van der Waals surface area (Å²) in [4.78, 5) is 12.0. The predicted octanol–water partition coefficient (Wildman–Crippen LogP) is 2.94.